The summed E-state index contributed by atoms with van der Waals surface area (Å²) in [7, 11) is 0. The van der Waals surface area contributed by atoms with E-state index in [2.05, 4.69) is 4.98 Å². The fraction of sp³-hybridized carbons (Fsp3) is 0.500. The molecule has 0 aromatic carbocycles. The van der Waals surface area contributed by atoms with E-state index in [1.807, 2.05) is 4.90 Å². The van der Waals surface area contributed by atoms with Crippen LogP contribution in [0.2, 0.25) is 0 Å². The number of pyridine rings is 1. The molecule has 1 amide bonds. The van der Waals surface area contributed by atoms with Crippen molar-refractivity contribution in [3.05, 3.63) is 17.8 Å². The minimum absolute atomic E-state index is 0.101. The number of nitrogens with two attached hydrogens (primary N) is 2. The molecule has 0 unspecified atom stereocenters. The van der Waals surface area contributed by atoms with E-state index < -0.39 is 5.97 Å². The Labute approximate surface area is 123 Å². The number of esters is 1. The zero-order valence-electron chi connectivity index (χ0n) is 12.0. The largest absolute Gasteiger partial charge is 0.462 e. The molecule has 2 rings (SSSR count). The maximum absolute atomic E-state index is 11.8. The van der Waals surface area contributed by atoms with Gasteiger partial charge in [-0.3, -0.25) is 4.79 Å². The molecule has 0 aliphatic carbocycles. The summed E-state index contributed by atoms with van der Waals surface area (Å²) in [5.74, 6) is -0.263. The highest BCUT2D eigenvalue weighted by Gasteiger charge is 2.26. The molecule has 0 saturated carbocycles. The molecular formula is C14H20N4O3. The molecule has 0 bridgehead atoms. The van der Waals surface area contributed by atoms with Crippen LogP contribution < -0.4 is 16.4 Å². The van der Waals surface area contributed by atoms with Crippen LogP contribution in [0.1, 0.15) is 30.1 Å². The number of hydrogen-bond acceptors (Lipinski definition) is 6. The molecule has 1 saturated heterocycles. The van der Waals surface area contributed by atoms with E-state index in [4.69, 9.17) is 16.2 Å². The number of nitrogens with zero attached hydrogens (tertiary/aromatic N) is 2. The minimum Gasteiger partial charge on any atom is -0.462 e. The molecule has 1 fully saturated rings. The Morgan fingerprint density at radius 3 is 2.67 bits per heavy atom. The first-order valence-electron chi connectivity index (χ1n) is 7.00. The highest BCUT2D eigenvalue weighted by molar-refractivity contribution is 5.97. The van der Waals surface area contributed by atoms with Crippen LogP contribution in [0.5, 0.6) is 0 Å². The molecule has 2 heterocycles. The van der Waals surface area contributed by atoms with Crippen LogP contribution in [-0.2, 0) is 9.53 Å². The monoisotopic (exact) mass is 292 g/mol. The number of ether oxygens (including phenoxy) is 1. The summed E-state index contributed by atoms with van der Waals surface area (Å²) in [5.41, 5.74) is 12.0. The lowest BCUT2D eigenvalue weighted by Crippen LogP contribution is -2.39. The van der Waals surface area contributed by atoms with Gasteiger partial charge in [-0.25, -0.2) is 9.78 Å². The fourth-order valence-electron chi connectivity index (χ4n) is 2.48. The Bertz CT molecular complexity index is 539. The summed E-state index contributed by atoms with van der Waals surface area (Å²) in [6.45, 7) is 3.30. The van der Waals surface area contributed by atoms with Gasteiger partial charge in [-0.15, -0.1) is 0 Å². The van der Waals surface area contributed by atoms with Crippen molar-refractivity contribution in [2.45, 2.75) is 19.8 Å². The lowest BCUT2D eigenvalue weighted by molar-refractivity contribution is -0.122. The lowest BCUT2D eigenvalue weighted by Gasteiger charge is -2.32. The number of rotatable bonds is 4. The Morgan fingerprint density at radius 1 is 1.43 bits per heavy atom. The summed E-state index contributed by atoms with van der Waals surface area (Å²) in [4.78, 5) is 29.2. The quantitative estimate of drug-likeness (QED) is 0.783. The first-order valence-corrected chi connectivity index (χ1v) is 7.00. The number of carbonyl (C=O) groups is 2. The van der Waals surface area contributed by atoms with Crippen LogP contribution >= 0.6 is 0 Å². The average molecular weight is 292 g/mol. The summed E-state index contributed by atoms with van der Waals surface area (Å²) < 4.78 is 4.97. The van der Waals surface area contributed by atoms with E-state index in [1.165, 1.54) is 6.20 Å². The molecule has 1 aromatic heterocycles. The van der Waals surface area contributed by atoms with E-state index in [0.29, 0.717) is 49.6 Å². The van der Waals surface area contributed by atoms with Gasteiger partial charge in [-0.05, 0) is 25.8 Å². The SMILES string of the molecule is CCOC(=O)c1ccnc(N2CCC(C(N)=O)CC2)c1N. The van der Waals surface area contributed by atoms with E-state index >= 15 is 0 Å². The molecule has 1 aliphatic heterocycles. The van der Waals surface area contributed by atoms with E-state index in [0.717, 1.165) is 0 Å². The summed E-state index contributed by atoms with van der Waals surface area (Å²) >= 11 is 0. The second kappa shape index (κ2) is 6.43. The second-order valence-electron chi connectivity index (χ2n) is 4.98. The van der Waals surface area contributed by atoms with Gasteiger partial charge in [0.1, 0.15) is 0 Å². The summed E-state index contributed by atoms with van der Waals surface area (Å²) in [5, 5.41) is 0. The number of nitrogen functional groups attached to an aromatic ring is 1. The molecule has 0 spiro atoms. The van der Waals surface area contributed by atoms with Crippen molar-refractivity contribution in [1.82, 2.24) is 4.98 Å². The average Bonchev–Trinajstić information content (AvgIpc) is 2.48. The van der Waals surface area contributed by atoms with Crippen molar-refractivity contribution in [3.8, 4) is 0 Å². The van der Waals surface area contributed by atoms with Gasteiger partial charge >= 0.3 is 5.97 Å². The minimum atomic E-state index is -0.453. The zero-order chi connectivity index (χ0) is 15.4. The van der Waals surface area contributed by atoms with Crippen LogP contribution in [-0.4, -0.2) is 36.6 Å². The van der Waals surface area contributed by atoms with E-state index in [9.17, 15) is 9.59 Å². The highest BCUT2D eigenvalue weighted by Crippen LogP contribution is 2.28. The topological polar surface area (TPSA) is 112 Å². The van der Waals surface area contributed by atoms with Crippen molar-refractivity contribution in [3.63, 3.8) is 0 Å². The Morgan fingerprint density at radius 2 is 2.10 bits per heavy atom. The summed E-state index contributed by atoms with van der Waals surface area (Å²) in [6.07, 6.45) is 2.87. The van der Waals surface area contributed by atoms with Gasteiger partial charge in [0.2, 0.25) is 5.91 Å². The predicted octanol–water partition coefficient (Wildman–Crippen LogP) is 0.542. The van der Waals surface area contributed by atoms with Crippen LogP contribution in [0.25, 0.3) is 0 Å². The van der Waals surface area contributed by atoms with Gasteiger partial charge in [0.25, 0.3) is 0 Å². The number of hydrogen-bond donors (Lipinski definition) is 2. The number of anilines is 2. The smallest absolute Gasteiger partial charge is 0.340 e. The Balaban J connectivity index is 2.16. The normalized spacial score (nSPS) is 15.8. The first kappa shape index (κ1) is 15.1. The maximum Gasteiger partial charge on any atom is 0.340 e. The standard InChI is InChI=1S/C14H20N4O3/c1-2-21-14(20)10-3-6-17-13(11(10)15)18-7-4-9(5-8-18)12(16)19/h3,6,9H,2,4-5,7-8,15H2,1H3,(H2,16,19). The van der Waals surface area contributed by atoms with Crippen LogP contribution in [0, 0.1) is 5.92 Å². The van der Waals surface area contributed by atoms with Gasteiger partial charge in [-0.1, -0.05) is 0 Å². The highest BCUT2D eigenvalue weighted by atomic mass is 16.5. The first-order chi connectivity index (χ1) is 10.0. The third kappa shape index (κ3) is 3.24. The van der Waals surface area contributed by atoms with Crippen molar-refractivity contribution in [2.24, 2.45) is 11.7 Å². The molecule has 1 aliphatic rings. The number of piperidine rings is 1. The van der Waals surface area contributed by atoms with Crippen LogP contribution in [0.3, 0.4) is 0 Å². The number of amides is 1. The van der Waals surface area contributed by atoms with Crippen molar-refractivity contribution in [2.75, 3.05) is 30.3 Å². The third-order valence-electron chi connectivity index (χ3n) is 3.66. The van der Waals surface area contributed by atoms with Gasteiger partial charge in [0.05, 0.1) is 17.9 Å². The van der Waals surface area contributed by atoms with E-state index in [1.54, 1.807) is 13.0 Å². The van der Waals surface area contributed by atoms with Gasteiger partial charge in [0, 0.05) is 25.2 Å². The number of aromatic nitrogens is 1. The molecule has 0 atom stereocenters. The molecule has 7 heteroatoms. The Hall–Kier alpha value is -2.31. The van der Waals surface area contributed by atoms with Gasteiger partial charge < -0.3 is 21.1 Å². The molecular weight excluding hydrogens is 272 g/mol. The predicted molar refractivity (Wildman–Crippen MR) is 78.7 cm³/mol. The van der Waals surface area contributed by atoms with Crippen molar-refractivity contribution >= 4 is 23.4 Å². The van der Waals surface area contributed by atoms with Crippen molar-refractivity contribution < 1.29 is 14.3 Å². The lowest BCUT2D eigenvalue weighted by atomic mass is 9.96. The zero-order valence-corrected chi connectivity index (χ0v) is 12.0. The fourth-order valence-corrected chi connectivity index (χ4v) is 2.48. The molecule has 7 nitrogen and oxygen atoms in total. The second-order valence-corrected chi connectivity index (χ2v) is 4.98. The molecule has 21 heavy (non-hydrogen) atoms. The maximum atomic E-state index is 11.8. The number of carbonyl (C=O) groups excluding carboxylic acids is 2. The molecule has 4 N–H and O–H groups in total. The van der Waals surface area contributed by atoms with Gasteiger partial charge in [-0.2, -0.15) is 0 Å². The molecule has 114 valence electrons. The summed E-state index contributed by atoms with van der Waals surface area (Å²) in [6, 6.07) is 1.55. The molecule has 0 radical (unpaired) electrons. The van der Waals surface area contributed by atoms with Crippen LogP contribution in [0.15, 0.2) is 12.3 Å². The van der Waals surface area contributed by atoms with Gasteiger partial charge in [0.15, 0.2) is 5.82 Å². The van der Waals surface area contributed by atoms with Crippen LogP contribution in [0.4, 0.5) is 11.5 Å². The Kier molecular flexibility index (Phi) is 4.62. The molecule has 1 aromatic rings. The third-order valence-corrected chi connectivity index (χ3v) is 3.66. The van der Waals surface area contributed by atoms with Crippen molar-refractivity contribution in [1.29, 1.82) is 0 Å². The van der Waals surface area contributed by atoms with E-state index in [-0.39, 0.29) is 11.8 Å². The number of primary amides is 1.